The Morgan fingerprint density at radius 3 is 0.667 bits per heavy atom. The van der Waals surface area contributed by atoms with Crippen LogP contribution in [0.3, 0.4) is 0 Å². The fourth-order valence-electron chi connectivity index (χ4n) is 13.5. The molecule has 23 fully saturated rings. The van der Waals surface area contributed by atoms with Crippen LogP contribution in [0.4, 0.5) is 0 Å². The van der Waals surface area contributed by atoms with Gasteiger partial charge in [-0.2, -0.15) is 0 Å². The first-order valence-electron chi connectivity index (χ1n) is 31.7. The minimum absolute atomic E-state index is 0.976. The fourth-order valence-corrected chi connectivity index (χ4v) is 13.5. The van der Waals surface area contributed by atoms with E-state index in [4.69, 9.17) is 85.3 Å². The minimum Gasteiger partial charge on any atom is -0.394 e. The van der Waals surface area contributed by atoms with Crippen molar-refractivity contribution in [2.24, 2.45) is 0 Å². The van der Waals surface area contributed by atoms with Gasteiger partial charge in [-0.3, -0.25) is 0 Å². The highest BCUT2D eigenvalue weighted by molar-refractivity contribution is 5.04. The van der Waals surface area contributed by atoms with Crippen LogP contribution in [0.2, 0.25) is 0 Å². The molecule has 27 N–H and O–H groups in total. The number of aliphatic hydroxyl groups excluding tert-OH is 27. The van der Waals surface area contributed by atoms with Crippen molar-refractivity contribution in [3.8, 4) is 0 Å². The number of hydrogen-bond donors (Lipinski definition) is 27. The van der Waals surface area contributed by atoms with Crippen molar-refractivity contribution < 1.29 is 223 Å². The Kier molecular flexibility index (Phi) is 27.4. The molecule has 0 aromatic heterocycles. The average Bonchev–Trinajstić information content (AvgIpc) is 0.780. The lowest BCUT2D eigenvalue weighted by Crippen LogP contribution is -2.70. The van der Waals surface area contributed by atoms with Gasteiger partial charge in [0.15, 0.2) is 56.6 Å². The van der Waals surface area contributed by atoms with E-state index < -0.39 is 336 Å². The molecular weight excluding hydrogens is 1370 g/mol. The third-order valence-corrected chi connectivity index (χ3v) is 19.0. The predicted octanol–water partition coefficient (Wildman–Crippen LogP) is -19.6. The van der Waals surface area contributed by atoms with Gasteiger partial charge < -0.3 is 223 Å². The molecule has 0 spiro atoms. The smallest absolute Gasteiger partial charge is 0.187 e. The number of ether oxygens (including phenoxy) is 18. The van der Waals surface area contributed by atoms with Crippen LogP contribution in [-0.4, -0.2) is 474 Å². The van der Waals surface area contributed by atoms with Gasteiger partial charge in [0.1, 0.15) is 220 Å². The van der Waals surface area contributed by atoms with Gasteiger partial charge in [-0.1, -0.05) is 0 Å². The molecule has 0 amide bonds. The van der Waals surface area contributed by atoms with Crippen molar-refractivity contribution in [2.45, 2.75) is 276 Å². The summed E-state index contributed by atoms with van der Waals surface area (Å²) in [7, 11) is 0. The first-order valence-corrected chi connectivity index (χ1v) is 31.7. The summed E-state index contributed by atoms with van der Waals surface area (Å²) in [5, 5.41) is 301. The van der Waals surface area contributed by atoms with Crippen LogP contribution in [0.25, 0.3) is 0 Å². The Hall–Kier alpha value is -1.80. The summed E-state index contributed by atoms with van der Waals surface area (Å²) in [6, 6.07) is 0. The summed E-state index contributed by atoms with van der Waals surface area (Å²) in [6.45, 7) is -10.3. The first-order chi connectivity index (χ1) is 47.1. The summed E-state index contributed by atoms with van der Waals surface area (Å²) in [5.74, 6) is 0. The molecule has 23 saturated heterocycles. The summed E-state index contributed by atoms with van der Waals surface area (Å²) in [4.78, 5) is 0. The molecule has 1 unspecified atom stereocenters. The second-order valence-electron chi connectivity index (χ2n) is 25.3. The number of rotatable bonds is 13. The van der Waals surface area contributed by atoms with Gasteiger partial charge in [-0.05, 0) is 0 Å². The van der Waals surface area contributed by atoms with Gasteiger partial charge in [0.2, 0.25) is 0 Å². The monoisotopic (exact) mass is 1460 g/mol. The Balaban J connectivity index is 0.968. The van der Waals surface area contributed by atoms with Crippen LogP contribution in [0.15, 0.2) is 0 Å². The van der Waals surface area contributed by atoms with Crippen molar-refractivity contribution in [1.29, 1.82) is 0 Å². The zero-order valence-electron chi connectivity index (χ0n) is 51.8. The van der Waals surface area contributed by atoms with Gasteiger partial charge in [0, 0.05) is 0 Å². The number of hydrogen-bond acceptors (Lipinski definition) is 45. The largest absolute Gasteiger partial charge is 0.394 e. The van der Waals surface area contributed by atoms with Crippen LogP contribution in [0, 0.1) is 0 Å². The molecule has 45 heteroatoms. The molecule has 23 heterocycles. The molecule has 0 aromatic carbocycles. The molecule has 576 valence electrons. The lowest BCUT2D eigenvalue weighted by molar-refractivity contribution is -0.406. The van der Waals surface area contributed by atoms with Crippen molar-refractivity contribution in [2.75, 3.05) is 59.5 Å². The highest BCUT2D eigenvalue weighted by Crippen LogP contribution is 2.41. The topological polar surface area (TPSA) is 712 Å². The SMILES string of the molecule is OC[C@@H]1O[C@@H]2O[C@H]3[C@@H](O)[C@H](O)[C@@H](O[C@H]4[C@H](O)[C@H](O)C(O[C@H]5[C@@H](O)[C@H](O)[C@@H](O[C@H]6[C@H](O)[C@@H](O)[C@@H](O[C@H]7[C@H](O)[C@@H](O)[C@@H](O[C@H]8[C@H](O)[C@@H](O)[C@@H](O[C@H]1[C@H](O)[C@H]2O[C@H]1[C@H](O)[C@@H](O)[C@@H](O[C@H]2[C@H](O)[C@@H](O)[C@@H](O)O[C@@H]2CO)O[C@@H]1CO)O[C@@H]8CO)O[C@@H]7CO)O[C@@H]6CO)O[C@@H]5CO)O[C@@H]4CO)O[C@@H]3CO. The maximum atomic E-state index is 12.5. The normalized spacial score (nSPS) is 55.1. The second-order valence-corrected chi connectivity index (χ2v) is 25.3. The van der Waals surface area contributed by atoms with Crippen LogP contribution in [-0.2, 0) is 85.3 Å². The highest BCUT2D eigenvalue weighted by atomic mass is 16.8. The minimum atomic E-state index is -2.46. The van der Waals surface area contributed by atoms with Crippen molar-refractivity contribution in [1.82, 2.24) is 0 Å². The van der Waals surface area contributed by atoms with E-state index in [1.165, 1.54) is 0 Å². The summed E-state index contributed by atoms with van der Waals surface area (Å²) < 4.78 is 104. The van der Waals surface area contributed by atoms with E-state index in [1.807, 2.05) is 0 Å². The Bertz CT molecular complexity index is 2460. The Morgan fingerprint density at radius 2 is 0.394 bits per heavy atom. The van der Waals surface area contributed by atoms with E-state index in [0.717, 1.165) is 0 Å². The van der Waals surface area contributed by atoms with Crippen molar-refractivity contribution >= 4 is 0 Å². The van der Waals surface area contributed by atoms with Crippen LogP contribution >= 0.6 is 0 Å². The van der Waals surface area contributed by atoms with Gasteiger partial charge in [-0.25, -0.2) is 0 Å². The maximum absolute atomic E-state index is 12.5. The zero-order chi connectivity index (χ0) is 72.1. The van der Waals surface area contributed by atoms with Crippen LogP contribution in [0.5, 0.6) is 0 Å². The summed E-state index contributed by atoms with van der Waals surface area (Å²) >= 11 is 0. The molecule has 23 aliphatic rings. The number of aliphatic hydroxyl groups is 27. The van der Waals surface area contributed by atoms with Gasteiger partial charge in [-0.15, -0.1) is 0 Å². The molecule has 23 aliphatic heterocycles. The van der Waals surface area contributed by atoms with E-state index >= 15 is 0 Å². The quantitative estimate of drug-likeness (QED) is 0.0814. The average molecular weight is 1460 g/mol. The molecule has 14 bridgehead atoms. The molecule has 0 saturated carbocycles. The van der Waals surface area contributed by atoms with Gasteiger partial charge in [0.25, 0.3) is 0 Å². The maximum Gasteiger partial charge on any atom is 0.187 e. The lowest BCUT2D eigenvalue weighted by Gasteiger charge is -2.51. The molecule has 45 atom stereocenters. The van der Waals surface area contributed by atoms with E-state index in [9.17, 15) is 138 Å². The van der Waals surface area contributed by atoms with Crippen LogP contribution in [0.1, 0.15) is 0 Å². The second kappa shape index (κ2) is 34.0. The van der Waals surface area contributed by atoms with E-state index in [-0.39, 0.29) is 0 Å². The van der Waals surface area contributed by atoms with Crippen LogP contribution < -0.4 is 0 Å². The standard InChI is InChI=1S/C54H90O45/c55-1-10-37(19(64)27(72)46(81)82-10)92-47-28(73)20(65)36(11(2-56)83-47)91-45-35(80)44-18(9-63)90-54(45)99-43-17(8-62)89-52(34(79)26(43)71)97-41-15(6-60)87-50(32(77)24(41)69)95-39-13(4-58)85-48(30(75)22(39)67)93-38-12(3-57)84-49(29(74)21(38)66)94-40-14(5-59)86-51(31(76)23(40)68)96-42-16(7-61)88-53(98-44)33(78)25(42)70/h10-81H,1-9H2/t10-,11-,12-,13-,14-,15-,16-,17-,18+,19-,20-,21-,22+,23-,24-,25-,26+,27-,28-,29-,30+,31-,32+,33-,34+,35+,36-,37-,38-,39-,40-,41-,42-,43-,44-,45-,46+,47-,48-,49-,50?,51-,52-,53-,54-/m1/s1. The van der Waals surface area contributed by atoms with Gasteiger partial charge in [0.05, 0.1) is 59.5 Å². The molecular formula is C54H90O45. The van der Waals surface area contributed by atoms with Gasteiger partial charge >= 0.3 is 0 Å². The van der Waals surface area contributed by atoms with Crippen molar-refractivity contribution in [3.05, 3.63) is 0 Å². The molecule has 99 heavy (non-hydrogen) atoms. The summed E-state index contributed by atoms with van der Waals surface area (Å²) in [6.07, 6.45) is -95.8. The first kappa shape index (κ1) is 79.8. The third-order valence-electron chi connectivity index (χ3n) is 19.0. The third kappa shape index (κ3) is 15.8. The van der Waals surface area contributed by atoms with E-state index in [2.05, 4.69) is 0 Å². The fraction of sp³-hybridized carbons (Fsp3) is 1.00. The lowest BCUT2D eigenvalue weighted by atomic mass is 9.94. The molecule has 0 radical (unpaired) electrons. The Morgan fingerprint density at radius 1 is 0.172 bits per heavy atom. The van der Waals surface area contributed by atoms with E-state index in [1.54, 1.807) is 0 Å². The Labute approximate surface area is 558 Å². The predicted molar refractivity (Wildman–Crippen MR) is 294 cm³/mol. The molecule has 0 aliphatic carbocycles. The van der Waals surface area contributed by atoms with E-state index in [0.29, 0.717) is 0 Å². The molecule has 0 aromatic rings. The summed E-state index contributed by atoms with van der Waals surface area (Å²) in [5.41, 5.74) is 0. The zero-order valence-corrected chi connectivity index (χ0v) is 51.8. The van der Waals surface area contributed by atoms with Crippen molar-refractivity contribution in [3.63, 3.8) is 0 Å². The molecule has 45 nitrogen and oxygen atoms in total. The highest BCUT2D eigenvalue weighted by Gasteiger charge is 2.62. The molecule has 23 rings (SSSR count).